The Labute approximate surface area is 154 Å². The first kappa shape index (κ1) is 16.8. The first-order chi connectivity index (χ1) is 12.7. The van der Waals surface area contributed by atoms with Gasteiger partial charge in [0, 0.05) is 18.5 Å². The van der Waals surface area contributed by atoms with E-state index in [1.807, 2.05) is 18.2 Å². The van der Waals surface area contributed by atoms with E-state index >= 15 is 0 Å². The molecular formula is C19H17FN4OS. The summed E-state index contributed by atoms with van der Waals surface area (Å²) in [5.74, 6) is -0.449. The van der Waals surface area contributed by atoms with E-state index in [9.17, 15) is 9.18 Å². The molecule has 0 aliphatic carbocycles. The topological polar surface area (TPSA) is 66.9 Å². The van der Waals surface area contributed by atoms with Gasteiger partial charge < -0.3 is 5.32 Å². The molecule has 0 fully saturated rings. The van der Waals surface area contributed by atoms with E-state index in [4.69, 9.17) is 0 Å². The third kappa shape index (κ3) is 3.79. The molecule has 0 unspecified atom stereocenters. The number of nitrogens with zero attached hydrogens (tertiary/aromatic N) is 2. The molecule has 4 rings (SSSR count). The van der Waals surface area contributed by atoms with Gasteiger partial charge in [-0.2, -0.15) is 0 Å². The molecule has 0 atom stereocenters. The van der Waals surface area contributed by atoms with E-state index in [1.54, 1.807) is 12.1 Å². The molecule has 0 saturated heterocycles. The lowest BCUT2D eigenvalue weighted by Gasteiger charge is -2.17. The van der Waals surface area contributed by atoms with Crippen LogP contribution >= 0.6 is 11.3 Å². The van der Waals surface area contributed by atoms with E-state index < -0.39 is 0 Å². The molecule has 2 aromatic carbocycles. The minimum absolute atomic E-state index is 0.184. The third-order valence-electron chi connectivity index (χ3n) is 4.31. The summed E-state index contributed by atoms with van der Waals surface area (Å²) >= 11 is 1.33. The van der Waals surface area contributed by atoms with Gasteiger partial charge in [0.1, 0.15) is 10.8 Å². The minimum atomic E-state index is -0.264. The molecule has 132 valence electrons. The minimum Gasteiger partial charge on any atom is -0.312 e. The number of fused-ring (bicyclic) bond motifs is 1. The number of amides is 1. The van der Waals surface area contributed by atoms with Crippen molar-refractivity contribution in [3.05, 3.63) is 75.5 Å². The monoisotopic (exact) mass is 368 g/mol. The fraction of sp³-hybridized carbons (Fsp3) is 0.211. The lowest BCUT2D eigenvalue weighted by molar-refractivity contribution is 0.102. The molecule has 2 heterocycles. The first-order valence-electron chi connectivity index (χ1n) is 8.38. The maximum atomic E-state index is 13.0. The number of benzene rings is 2. The van der Waals surface area contributed by atoms with Gasteiger partial charge in [0.25, 0.3) is 5.91 Å². The van der Waals surface area contributed by atoms with E-state index in [1.165, 1.54) is 34.6 Å². The number of aromatic nitrogens is 2. The average Bonchev–Trinajstić information content (AvgIpc) is 3.10. The summed E-state index contributed by atoms with van der Waals surface area (Å²) < 4.78 is 13.0. The molecule has 1 aliphatic heterocycles. The average molecular weight is 368 g/mol. The second-order valence-electron chi connectivity index (χ2n) is 6.17. The van der Waals surface area contributed by atoms with Crippen molar-refractivity contribution in [2.75, 3.05) is 11.9 Å². The van der Waals surface area contributed by atoms with Crippen LogP contribution in [0.5, 0.6) is 0 Å². The van der Waals surface area contributed by atoms with Crippen molar-refractivity contribution < 1.29 is 9.18 Å². The zero-order chi connectivity index (χ0) is 17.9. The largest absolute Gasteiger partial charge is 0.312 e. The van der Waals surface area contributed by atoms with Gasteiger partial charge in [0.2, 0.25) is 5.13 Å². The Morgan fingerprint density at radius 1 is 1.15 bits per heavy atom. The van der Waals surface area contributed by atoms with Gasteiger partial charge in [-0.1, -0.05) is 29.5 Å². The fourth-order valence-corrected chi connectivity index (χ4v) is 3.71. The third-order valence-corrected chi connectivity index (χ3v) is 5.15. The summed E-state index contributed by atoms with van der Waals surface area (Å²) in [5.41, 5.74) is 4.03. The molecule has 0 spiro atoms. The summed E-state index contributed by atoms with van der Waals surface area (Å²) in [7, 11) is 0. The van der Waals surface area contributed by atoms with Crippen molar-refractivity contribution in [3.8, 4) is 0 Å². The van der Waals surface area contributed by atoms with Crippen LogP contribution in [0.25, 0.3) is 0 Å². The molecular weight excluding hydrogens is 351 g/mol. The van der Waals surface area contributed by atoms with E-state index in [0.29, 0.717) is 17.1 Å². The van der Waals surface area contributed by atoms with Gasteiger partial charge in [-0.3, -0.25) is 10.1 Å². The molecule has 1 aromatic heterocycles. The number of carbonyl (C=O) groups excluding carboxylic acids is 1. The van der Waals surface area contributed by atoms with Crippen LogP contribution in [0.4, 0.5) is 9.52 Å². The Balaban J connectivity index is 1.43. The van der Waals surface area contributed by atoms with Crippen LogP contribution in [0.3, 0.4) is 0 Å². The Morgan fingerprint density at radius 2 is 2.00 bits per heavy atom. The van der Waals surface area contributed by atoms with Crippen LogP contribution in [0.15, 0.2) is 42.5 Å². The maximum absolute atomic E-state index is 13.0. The van der Waals surface area contributed by atoms with Crippen molar-refractivity contribution in [2.45, 2.75) is 19.4 Å². The number of hydrogen-bond donors (Lipinski definition) is 2. The van der Waals surface area contributed by atoms with Gasteiger partial charge >= 0.3 is 0 Å². The summed E-state index contributed by atoms with van der Waals surface area (Å²) in [6.45, 7) is 1.78. The quantitative estimate of drug-likeness (QED) is 0.742. The summed E-state index contributed by atoms with van der Waals surface area (Å²) in [6.07, 6.45) is 1.48. The Morgan fingerprint density at radius 3 is 2.85 bits per heavy atom. The highest BCUT2D eigenvalue weighted by atomic mass is 32.1. The van der Waals surface area contributed by atoms with Crippen molar-refractivity contribution in [3.63, 3.8) is 0 Å². The second-order valence-corrected chi connectivity index (χ2v) is 7.23. The number of halogens is 1. The van der Waals surface area contributed by atoms with Crippen LogP contribution in [0.2, 0.25) is 0 Å². The van der Waals surface area contributed by atoms with Gasteiger partial charge in [-0.05, 0) is 53.9 Å². The highest BCUT2D eigenvalue weighted by Gasteiger charge is 2.14. The SMILES string of the molecule is O=C(Nc1nnc(Cc2ccc(F)cc2)s1)c1ccc2c(c1)CCNC2. The van der Waals surface area contributed by atoms with Gasteiger partial charge in [0.05, 0.1) is 0 Å². The van der Waals surface area contributed by atoms with Gasteiger partial charge in [0.15, 0.2) is 0 Å². The molecule has 0 radical (unpaired) electrons. The Hall–Kier alpha value is -2.64. The number of anilines is 1. The number of nitrogens with one attached hydrogen (secondary N) is 2. The standard InChI is InChI=1S/C19H17FN4OS/c20-16-5-1-12(2-6-16)9-17-23-24-19(26-17)22-18(25)14-3-4-15-11-21-8-7-13(15)10-14/h1-6,10,21H,7-9,11H2,(H,22,24,25). The van der Waals surface area contributed by atoms with E-state index in [0.717, 1.165) is 30.1 Å². The molecule has 7 heteroatoms. The molecule has 26 heavy (non-hydrogen) atoms. The fourth-order valence-electron chi connectivity index (χ4n) is 2.94. The molecule has 1 amide bonds. The molecule has 3 aromatic rings. The van der Waals surface area contributed by atoms with E-state index in [-0.39, 0.29) is 11.7 Å². The normalized spacial score (nSPS) is 13.3. The van der Waals surface area contributed by atoms with Crippen LogP contribution in [0.1, 0.15) is 32.1 Å². The van der Waals surface area contributed by atoms with Crippen LogP contribution in [0, 0.1) is 5.82 Å². The molecule has 1 aliphatic rings. The van der Waals surface area contributed by atoms with Crippen molar-refractivity contribution in [1.29, 1.82) is 0 Å². The van der Waals surface area contributed by atoms with Crippen molar-refractivity contribution in [2.24, 2.45) is 0 Å². The summed E-state index contributed by atoms with van der Waals surface area (Å²) in [4.78, 5) is 12.5. The highest BCUT2D eigenvalue weighted by molar-refractivity contribution is 7.15. The lowest BCUT2D eigenvalue weighted by atomic mass is 9.98. The maximum Gasteiger partial charge on any atom is 0.257 e. The first-order valence-corrected chi connectivity index (χ1v) is 9.20. The second kappa shape index (κ2) is 7.31. The smallest absolute Gasteiger partial charge is 0.257 e. The van der Waals surface area contributed by atoms with Gasteiger partial charge in [-0.15, -0.1) is 10.2 Å². The van der Waals surface area contributed by atoms with Crippen LogP contribution in [-0.4, -0.2) is 22.6 Å². The van der Waals surface area contributed by atoms with Crippen LogP contribution < -0.4 is 10.6 Å². The Bertz CT molecular complexity index is 939. The predicted molar refractivity (Wildman–Crippen MR) is 98.9 cm³/mol. The van der Waals surface area contributed by atoms with Gasteiger partial charge in [-0.25, -0.2) is 4.39 Å². The molecule has 5 nitrogen and oxygen atoms in total. The molecule has 2 N–H and O–H groups in total. The predicted octanol–water partition coefficient (Wildman–Crippen LogP) is 3.17. The molecule has 0 saturated carbocycles. The zero-order valence-electron chi connectivity index (χ0n) is 14.0. The number of carbonyl (C=O) groups is 1. The Kier molecular flexibility index (Phi) is 4.73. The van der Waals surface area contributed by atoms with Crippen molar-refractivity contribution in [1.82, 2.24) is 15.5 Å². The summed E-state index contributed by atoms with van der Waals surface area (Å²) in [5, 5.41) is 15.5. The van der Waals surface area contributed by atoms with E-state index in [2.05, 4.69) is 20.8 Å². The number of rotatable bonds is 4. The highest BCUT2D eigenvalue weighted by Crippen LogP contribution is 2.21. The lowest BCUT2D eigenvalue weighted by Crippen LogP contribution is -2.24. The van der Waals surface area contributed by atoms with Crippen LogP contribution in [-0.2, 0) is 19.4 Å². The molecule has 0 bridgehead atoms. The van der Waals surface area contributed by atoms with Crippen molar-refractivity contribution >= 4 is 22.4 Å². The number of hydrogen-bond acceptors (Lipinski definition) is 5. The summed E-state index contributed by atoms with van der Waals surface area (Å²) in [6, 6.07) is 12.1. The zero-order valence-corrected chi connectivity index (χ0v) is 14.8.